The number of carboxylic acids is 1. The average molecular weight is 479 g/mol. The lowest BCUT2D eigenvalue weighted by molar-refractivity contribution is -0.138. The number of aromatic amines is 1. The van der Waals surface area contributed by atoms with Gasteiger partial charge in [0, 0.05) is 25.3 Å². The van der Waals surface area contributed by atoms with Crippen LogP contribution in [0.15, 0.2) is 60.8 Å². The lowest BCUT2D eigenvalue weighted by Crippen LogP contribution is -2.55. The SMILES string of the molecule is CC(=O)N[C@@H](Cc1ccc(-c2cn[nH]n2)cc1)C(=O)N[C@@H](Cc1ccccc1)C(=O)NCC(=O)O. The Morgan fingerprint density at radius 1 is 0.886 bits per heavy atom. The molecule has 11 heteroatoms. The van der Waals surface area contributed by atoms with Gasteiger partial charge in [0.25, 0.3) is 0 Å². The van der Waals surface area contributed by atoms with Crippen molar-refractivity contribution in [2.24, 2.45) is 0 Å². The maximum Gasteiger partial charge on any atom is 0.322 e. The number of nitrogens with zero attached hydrogens (tertiary/aromatic N) is 2. The number of aliphatic carboxylic acids is 1. The van der Waals surface area contributed by atoms with E-state index in [1.165, 1.54) is 6.92 Å². The van der Waals surface area contributed by atoms with Crippen LogP contribution in [-0.4, -0.2) is 62.8 Å². The highest BCUT2D eigenvalue weighted by atomic mass is 16.4. The monoisotopic (exact) mass is 478 g/mol. The number of rotatable bonds is 11. The molecule has 0 aliphatic rings. The van der Waals surface area contributed by atoms with Gasteiger partial charge in [0.05, 0.1) is 6.20 Å². The molecule has 0 saturated heterocycles. The summed E-state index contributed by atoms with van der Waals surface area (Å²) < 4.78 is 0. The Morgan fingerprint density at radius 3 is 2.09 bits per heavy atom. The van der Waals surface area contributed by atoms with Gasteiger partial charge in [-0.2, -0.15) is 15.4 Å². The number of hydrogen-bond acceptors (Lipinski definition) is 6. The molecule has 3 aromatic rings. The van der Waals surface area contributed by atoms with Crippen LogP contribution in [0.4, 0.5) is 0 Å². The van der Waals surface area contributed by atoms with Gasteiger partial charge in [0.1, 0.15) is 24.3 Å². The van der Waals surface area contributed by atoms with Crippen LogP contribution in [0.5, 0.6) is 0 Å². The molecule has 0 radical (unpaired) electrons. The highest BCUT2D eigenvalue weighted by Crippen LogP contribution is 2.17. The van der Waals surface area contributed by atoms with Crippen molar-refractivity contribution < 1.29 is 24.3 Å². The molecule has 0 spiro atoms. The standard InChI is InChI=1S/C24H26N6O5/c1-15(31)27-20(12-17-7-9-18(10-8-17)21-13-26-30-29-21)24(35)28-19(23(34)25-14-22(32)33)11-16-5-3-2-4-6-16/h2-10,13,19-20H,11-12,14H2,1H3,(H,25,34)(H,27,31)(H,28,35)(H,32,33)(H,26,29,30)/t19-,20-/m0/s1. The molecule has 0 aliphatic heterocycles. The van der Waals surface area contributed by atoms with Gasteiger partial charge in [-0.1, -0.05) is 54.6 Å². The van der Waals surface area contributed by atoms with E-state index in [0.29, 0.717) is 5.69 Å². The van der Waals surface area contributed by atoms with Crippen LogP contribution in [0.1, 0.15) is 18.1 Å². The van der Waals surface area contributed by atoms with Crippen molar-refractivity contribution >= 4 is 23.7 Å². The number of amides is 3. The summed E-state index contributed by atoms with van der Waals surface area (Å²) >= 11 is 0. The van der Waals surface area contributed by atoms with E-state index in [0.717, 1.165) is 16.7 Å². The Kier molecular flexibility index (Phi) is 8.65. The Hall–Kier alpha value is -4.54. The number of hydrogen-bond donors (Lipinski definition) is 5. The average Bonchev–Trinajstić information content (AvgIpc) is 3.37. The highest BCUT2D eigenvalue weighted by Gasteiger charge is 2.27. The Bertz CT molecular complexity index is 1150. The smallest absolute Gasteiger partial charge is 0.322 e. The van der Waals surface area contributed by atoms with Crippen molar-refractivity contribution in [3.63, 3.8) is 0 Å². The van der Waals surface area contributed by atoms with E-state index in [-0.39, 0.29) is 12.8 Å². The summed E-state index contributed by atoms with van der Waals surface area (Å²) in [4.78, 5) is 48.5. The first-order chi connectivity index (χ1) is 16.8. The zero-order chi connectivity index (χ0) is 25.2. The normalized spacial score (nSPS) is 12.3. The van der Waals surface area contributed by atoms with Crippen molar-refractivity contribution in [1.29, 1.82) is 0 Å². The number of H-pyrrole nitrogens is 1. The summed E-state index contributed by atoms with van der Waals surface area (Å²) in [5.41, 5.74) is 3.06. The fourth-order valence-electron chi connectivity index (χ4n) is 3.46. The van der Waals surface area contributed by atoms with Crippen molar-refractivity contribution in [1.82, 2.24) is 31.4 Å². The predicted octanol–water partition coefficient (Wildman–Crippen LogP) is 0.447. The second-order valence-electron chi connectivity index (χ2n) is 7.87. The zero-order valence-electron chi connectivity index (χ0n) is 19.0. The molecule has 0 bridgehead atoms. The van der Waals surface area contributed by atoms with Crippen LogP contribution in [-0.2, 0) is 32.0 Å². The van der Waals surface area contributed by atoms with Crippen molar-refractivity contribution in [3.05, 3.63) is 71.9 Å². The molecular formula is C24H26N6O5. The zero-order valence-corrected chi connectivity index (χ0v) is 19.0. The first-order valence-corrected chi connectivity index (χ1v) is 10.9. The summed E-state index contributed by atoms with van der Waals surface area (Å²) in [6.07, 6.45) is 1.92. The van der Waals surface area contributed by atoms with Gasteiger partial charge >= 0.3 is 5.97 Å². The number of aromatic nitrogens is 3. The molecule has 1 heterocycles. The molecule has 35 heavy (non-hydrogen) atoms. The number of carboxylic acid groups (broad SMARTS) is 1. The summed E-state index contributed by atoms with van der Waals surface area (Å²) in [5, 5.41) is 26.8. The lowest BCUT2D eigenvalue weighted by atomic mass is 10.0. The summed E-state index contributed by atoms with van der Waals surface area (Å²) in [6, 6.07) is 14.3. The third-order valence-electron chi connectivity index (χ3n) is 5.13. The maximum absolute atomic E-state index is 13.1. The van der Waals surface area contributed by atoms with Gasteiger partial charge in [0.15, 0.2) is 0 Å². The predicted molar refractivity (Wildman–Crippen MR) is 126 cm³/mol. The van der Waals surface area contributed by atoms with Crippen LogP contribution >= 0.6 is 0 Å². The van der Waals surface area contributed by atoms with Gasteiger partial charge in [0.2, 0.25) is 17.7 Å². The van der Waals surface area contributed by atoms with E-state index in [2.05, 4.69) is 31.4 Å². The van der Waals surface area contributed by atoms with Crippen molar-refractivity contribution in [2.75, 3.05) is 6.54 Å². The lowest BCUT2D eigenvalue weighted by Gasteiger charge is -2.23. The van der Waals surface area contributed by atoms with Crippen LogP contribution in [0.2, 0.25) is 0 Å². The van der Waals surface area contributed by atoms with Crippen molar-refractivity contribution in [2.45, 2.75) is 31.8 Å². The third kappa shape index (κ3) is 7.77. The van der Waals surface area contributed by atoms with E-state index in [9.17, 15) is 19.2 Å². The summed E-state index contributed by atoms with van der Waals surface area (Å²) in [7, 11) is 0. The maximum atomic E-state index is 13.1. The molecule has 2 atom stereocenters. The van der Waals surface area contributed by atoms with Gasteiger partial charge in [-0.15, -0.1) is 0 Å². The van der Waals surface area contributed by atoms with Gasteiger partial charge in [-0.25, -0.2) is 0 Å². The second kappa shape index (κ2) is 12.1. The molecule has 0 aliphatic carbocycles. The molecule has 0 fully saturated rings. The number of carbonyl (C=O) groups is 4. The minimum absolute atomic E-state index is 0.150. The molecule has 2 aromatic carbocycles. The largest absolute Gasteiger partial charge is 0.480 e. The number of nitrogens with one attached hydrogen (secondary N) is 4. The van der Waals surface area contributed by atoms with Gasteiger partial charge in [-0.3, -0.25) is 19.2 Å². The van der Waals surface area contributed by atoms with Crippen LogP contribution in [0, 0.1) is 0 Å². The number of benzene rings is 2. The third-order valence-corrected chi connectivity index (χ3v) is 5.13. The van der Waals surface area contributed by atoms with Crippen molar-refractivity contribution in [3.8, 4) is 11.3 Å². The minimum Gasteiger partial charge on any atom is -0.480 e. The topological polar surface area (TPSA) is 166 Å². The number of carbonyl (C=O) groups excluding carboxylic acids is 3. The Labute approximate surface area is 201 Å². The molecule has 3 rings (SSSR count). The fraction of sp³-hybridized carbons (Fsp3) is 0.250. The first-order valence-electron chi connectivity index (χ1n) is 10.9. The highest BCUT2D eigenvalue weighted by molar-refractivity contribution is 5.93. The van der Waals surface area contributed by atoms with E-state index in [4.69, 9.17) is 5.11 Å². The molecule has 3 amide bonds. The van der Waals surface area contributed by atoms with E-state index < -0.39 is 42.3 Å². The molecular weight excluding hydrogens is 452 g/mol. The molecule has 182 valence electrons. The second-order valence-corrected chi connectivity index (χ2v) is 7.87. The van der Waals surface area contributed by atoms with E-state index >= 15 is 0 Å². The van der Waals surface area contributed by atoms with Gasteiger partial charge < -0.3 is 21.1 Å². The van der Waals surface area contributed by atoms with Crippen LogP contribution < -0.4 is 16.0 Å². The first kappa shape index (κ1) is 25.1. The van der Waals surface area contributed by atoms with Gasteiger partial charge in [-0.05, 0) is 11.1 Å². The Balaban J connectivity index is 1.74. The quantitative estimate of drug-likeness (QED) is 0.267. The van der Waals surface area contributed by atoms with Crippen LogP contribution in [0.3, 0.4) is 0 Å². The molecule has 0 saturated carbocycles. The molecule has 0 unspecified atom stereocenters. The van der Waals surface area contributed by atoms with Crippen LogP contribution in [0.25, 0.3) is 11.3 Å². The minimum atomic E-state index is -1.20. The summed E-state index contributed by atoms with van der Waals surface area (Å²) in [5.74, 6) is -2.80. The fourth-order valence-corrected chi connectivity index (χ4v) is 3.46. The summed E-state index contributed by atoms with van der Waals surface area (Å²) in [6.45, 7) is 0.724. The van der Waals surface area contributed by atoms with E-state index in [1.54, 1.807) is 30.5 Å². The van der Waals surface area contributed by atoms with E-state index in [1.807, 2.05) is 30.3 Å². The molecule has 11 nitrogen and oxygen atoms in total. The Morgan fingerprint density at radius 2 is 1.51 bits per heavy atom. The molecule has 1 aromatic heterocycles. The molecule has 5 N–H and O–H groups in total.